The van der Waals surface area contributed by atoms with Gasteiger partial charge < -0.3 is 4.52 Å². The van der Waals surface area contributed by atoms with Crippen LogP contribution in [0.5, 0.6) is 0 Å². The zero-order chi connectivity index (χ0) is 15.9. The molecule has 0 saturated carbocycles. The summed E-state index contributed by atoms with van der Waals surface area (Å²) in [5.74, 6) is 0.244. The molecule has 0 spiro atoms. The van der Waals surface area contributed by atoms with Crippen LogP contribution in [0.15, 0.2) is 50.5 Å². The molecule has 0 aliphatic carbocycles. The second kappa shape index (κ2) is 5.74. The van der Waals surface area contributed by atoms with Crippen LogP contribution in [0.2, 0.25) is 0 Å². The number of thiophene rings is 1. The van der Waals surface area contributed by atoms with Gasteiger partial charge in [0.1, 0.15) is 4.21 Å². The molecule has 1 aliphatic rings. The van der Waals surface area contributed by atoms with E-state index in [1.54, 1.807) is 21.8 Å². The van der Waals surface area contributed by atoms with Crippen LogP contribution in [-0.2, 0) is 10.0 Å². The Balaban J connectivity index is 1.53. The maximum absolute atomic E-state index is 12.6. The number of hydrogen-bond donors (Lipinski definition) is 0. The summed E-state index contributed by atoms with van der Waals surface area (Å²) in [7, 11) is -3.35. The van der Waals surface area contributed by atoms with Gasteiger partial charge in [0, 0.05) is 24.4 Å². The Labute approximate surface area is 138 Å². The van der Waals surface area contributed by atoms with Crippen molar-refractivity contribution in [1.29, 1.82) is 0 Å². The van der Waals surface area contributed by atoms with E-state index in [0.29, 0.717) is 17.3 Å². The van der Waals surface area contributed by atoms with E-state index in [1.165, 1.54) is 11.3 Å². The highest BCUT2D eigenvalue weighted by Crippen LogP contribution is 2.34. The van der Waals surface area contributed by atoms with E-state index < -0.39 is 10.0 Å². The number of benzene rings is 1. The van der Waals surface area contributed by atoms with Crippen LogP contribution in [-0.4, -0.2) is 31.0 Å². The lowest BCUT2D eigenvalue weighted by molar-refractivity contribution is 0.311. The first-order valence-electron chi connectivity index (χ1n) is 7.54. The van der Waals surface area contributed by atoms with Crippen molar-refractivity contribution in [2.75, 3.05) is 13.1 Å². The molecule has 0 atom stereocenters. The molecule has 1 aromatic carbocycles. The van der Waals surface area contributed by atoms with Crippen LogP contribution >= 0.6 is 11.3 Å². The fourth-order valence-corrected chi connectivity index (χ4v) is 5.72. The quantitative estimate of drug-likeness (QED) is 0.727. The lowest BCUT2D eigenvalue weighted by Gasteiger charge is -2.29. The van der Waals surface area contributed by atoms with Gasteiger partial charge >= 0.3 is 0 Å². The molecule has 1 fully saturated rings. The van der Waals surface area contributed by atoms with Crippen LogP contribution in [0.1, 0.15) is 24.5 Å². The Kier molecular flexibility index (Phi) is 3.71. The molecule has 120 valence electrons. The number of rotatable bonds is 3. The lowest BCUT2D eigenvalue weighted by Crippen LogP contribution is -2.37. The van der Waals surface area contributed by atoms with Crippen LogP contribution in [0.3, 0.4) is 0 Å². The predicted molar refractivity (Wildman–Crippen MR) is 89.1 cm³/mol. The molecule has 23 heavy (non-hydrogen) atoms. The SMILES string of the molecule is O=S(=O)(c1cccs1)N1CCC(c2noc3ccccc23)CC1. The van der Waals surface area contributed by atoms with E-state index in [4.69, 9.17) is 4.52 Å². The highest BCUT2D eigenvalue weighted by atomic mass is 32.2. The van der Waals surface area contributed by atoms with Crippen molar-refractivity contribution >= 4 is 32.3 Å². The van der Waals surface area contributed by atoms with E-state index in [1.807, 2.05) is 24.3 Å². The Hall–Kier alpha value is -1.70. The molecule has 3 aromatic rings. The minimum atomic E-state index is -3.35. The first kappa shape index (κ1) is 14.9. The second-order valence-corrected chi connectivity index (χ2v) is 8.79. The van der Waals surface area contributed by atoms with Gasteiger partial charge in [-0.1, -0.05) is 23.4 Å². The molecule has 4 rings (SSSR count). The Morgan fingerprint density at radius 3 is 2.65 bits per heavy atom. The zero-order valence-electron chi connectivity index (χ0n) is 12.4. The van der Waals surface area contributed by atoms with Crippen molar-refractivity contribution in [3.05, 3.63) is 47.5 Å². The minimum absolute atomic E-state index is 0.244. The lowest BCUT2D eigenvalue weighted by atomic mass is 9.93. The fraction of sp³-hybridized carbons (Fsp3) is 0.312. The van der Waals surface area contributed by atoms with Gasteiger partial charge in [0.25, 0.3) is 10.0 Å². The average molecular weight is 348 g/mol. The van der Waals surface area contributed by atoms with Crippen LogP contribution < -0.4 is 0 Å². The number of fused-ring (bicyclic) bond motifs is 1. The first-order valence-corrected chi connectivity index (χ1v) is 9.86. The van der Waals surface area contributed by atoms with E-state index >= 15 is 0 Å². The van der Waals surface area contributed by atoms with Gasteiger partial charge in [0.15, 0.2) is 5.58 Å². The third kappa shape index (κ3) is 2.58. The third-order valence-corrected chi connectivity index (χ3v) is 7.61. The Morgan fingerprint density at radius 2 is 1.91 bits per heavy atom. The van der Waals surface area contributed by atoms with E-state index in [2.05, 4.69) is 5.16 Å². The monoisotopic (exact) mass is 348 g/mol. The summed E-state index contributed by atoms with van der Waals surface area (Å²) in [6.45, 7) is 1.04. The van der Waals surface area contributed by atoms with Gasteiger partial charge in [-0.2, -0.15) is 4.31 Å². The van der Waals surface area contributed by atoms with Gasteiger partial charge in [-0.3, -0.25) is 0 Å². The molecule has 0 unspecified atom stereocenters. The smallest absolute Gasteiger partial charge is 0.252 e. The molecular formula is C16H16N2O3S2. The van der Waals surface area contributed by atoms with E-state index in [0.717, 1.165) is 29.5 Å². The number of piperidine rings is 1. The molecule has 0 radical (unpaired) electrons. The summed E-state index contributed by atoms with van der Waals surface area (Å²) in [5.41, 5.74) is 1.74. The van der Waals surface area contributed by atoms with E-state index in [9.17, 15) is 8.42 Å². The number of nitrogens with zero attached hydrogens (tertiary/aromatic N) is 2. The molecular weight excluding hydrogens is 332 g/mol. The number of para-hydroxylation sites is 1. The molecule has 3 heterocycles. The van der Waals surface area contributed by atoms with Gasteiger partial charge in [0.05, 0.1) is 5.69 Å². The Bertz CT molecular complexity index is 908. The summed E-state index contributed by atoms with van der Waals surface area (Å²) in [5, 5.41) is 7.04. The largest absolute Gasteiger partial charge is 0.356 e. The maximum Gasteiger partial charge on any atom is 0.252 e. The normalized spacial score (nSPS) is 17.7. The maximum atomic E-state index is 12.6. The number of hydrogen-bond acceptors (Lipinski definition) is 5. The summed E-state index contributed by atoms with van der Waals surface area (Å²) in [6.07, 6.45) is 1.53. The minimum Gasteiger partial charge on any atom is -0.356 e. The number of sulfonamides is 1. The molecule has 1 saturated heterocycles. The van der Waals surface area contributed by atoms with Crippen LogP contribution in [0.25, 0.3) is 11.0 Å². The molecule has 0 amide bonds. The Morgan fingerprint density at radius 1 is 1.13 bits per heavy atom. The van der Waals surface area contributed by atoms with Crippen molar-refractivity contribution in [2.24, 2.45) is 0 Å². The fourth-order valence-electron chi connectivity index (χ4n) is 3.11. The molecule has 7 heteroatoms. The van der Waals surface area contributed by atoms with Gasteiger partial charge in [-0.05, 0) is 36.4 Å². The molecule has 1 aliphatic heterocycles. The summed E-state index contributed by atoms with van der Waals surface area (Å²) < 4.78 is 32.5. The number of aromatic nitrogens is 1. The first-order chi connectivity index (χ1) is 11.2. The van der Waals surface area contributed by atoms with Crippen LogP contribution in [0.4, 0.5) is 0 Å². The second-order valence-electron chi connectivity index (χ2n) is 5.67. The van der Waals surface area contributed by atoms with E-state index in [-0.39, 0.29) is 5.92 Å². The average Bonchev–Trinajstić information content (AvgIpc) is 3.25. The molecule has 2 aromatic heterocycles. The van der Waals surface area contributed by atoms with Crippen molar-refractivity contribution in [3.63, 3.8) is 0 Å². The predicted octanol–water partition coefficient (Wildman–Crippen LogP) is 3.46. The topological polar surface area (TPSA) is 63.4 Å². The molecule has 0 N–H and O–H groups in total. The zero-order valence-corrected chi connectivity index (χ0v) is 14.0. The highest BCUT2D eigenvalue weighted by molar-refractivity contribution is 7.91. The molecule has 5 nitrogen and oxygen atoms in total. The van der Waals surface area contributed by atoms with Crippen molar-refractivity contribution in [3.8, 4) is 0 Å². The summed E-state index contributed by atoms with van der Waals surface area (Å²) >= 11 is 1.27. The van der Waals surface area contributed by atoms with Crippen molar-refractivity contribution in [2.45, 2.75) is 23.0 Å². The summed E-state index contributed by atoms with van der Waals surface area (Å²) in [6, 6.07) is 11.2. The summed E-state index contributed by atoms with van der Waals surface area (Å²) in [4.78, 5) is 0. The molecule has 0 bridgehead atoms. The van der Waals surface area contributed by atoms with Gasteiger partial charge in [0.2, 0.25) is 0 Å². The van der Waals surface area contributed by atoms with Gasteiger partial charge in [-0.25, -0.2) is 8.42 Å². The van der Waals surface area contributed by atoms with Crippen molar-refractivity contribution in [1.82, 2.24) is 9.46 Å². The third-order valence-electron chi connectivity index (χ3n) is 4.34. The van der Waals surface area contributed by atoms with Crippen molar-refractivity contribution < 1.29 is 12.9 Å². The standard InChI is InChI=1S/C16H16N2O3S2/c19-23(20,15-6-3-11-22-15)18-9-7-12(8-10-18)16-13-4-1-2-5-14(13)21-17-16/h1-6,11-12H,7-10H2. The van der Waals surface area contributed by atoms with Crippen LogP contribution in [0, 0.1) is 0 Å². The highest BCUT2D eigenvalue weighted by Gasteiger charge is 2.32. The van der Waals surface area contributed by atoms with Gasteiger partial charge in [-0.15, -0.1) is 11.3 Å².